The number of methoxy groups -OCH3 is 1. The van der Waals surface area contributed by atoms with Gasteiger partial charge in [-0.05, 0) is 16.9 Å². The molecule has 0 aromatic heterocycles. The van der Waals surface area contributed by atoms with Crippen LogP contribution in [0.2, 0.25) is 0 Å². The van der Waals surface area contributed by atoms with Crippen LogP contribution < -0.4 is 0 Å². The van der Waals surface area contributed by atoms with Gasteiger partial charge in [0.25, 0.3) is 0 Å². The molecule has 0 N–H and O–H groups in total. The van der Waals surface area contributed by atoms with Crippen molar-refractivity contribution < 1.29 is 14.3 Å². The van der Waals surface area contributed by atoms with Crippen molar-refractivity contribution >= 4 is 34.3 Å². The van der Waals surface area contributed by atoms with Gasteiger partial charge >= 0.3 is 5.97 Å². The average molecular weight is 372 g/mol. The molecule has 0 saturated heterocycles. The summed E-state index contributed by atoms with van der Waals surface area (Å²) < 4.78 is 6.44. The van der Waals surface area contributed by atoms with Gasteiger partial charge in [0.05, 0.1) is 7.11 Å². The smallest absolute Gasteiger partial charge is 0.305 e. The minimum atomic E-state index is -0.232. The van der Waals surface area contributed by atoms with Gasteiger partial charge < -0.3 is 4.74 Å². The second-order valence-electron chi connectivity index (χ2n) is 4.12. The van der Waals surface area contributed by atoms with E-state index in [1.165, 1.54) is 7.11 Å². The Hall–Kier alpha value is -1.17. The Labute approximate surface area is 127 Å². The first-order valence-electron chi connectivity index (χ1n) is 6.12. The van der Waals surface area contributed by atoms with Crippen LogP contribution in [0.1, 0.15) is 29.6 Å². The Kier molecular flexibility index (Phi) is 7.40. The number of benzene rings is 1. The Morgan fingerprint density at radius 2 is 2.00 bits per heavy atom. The maximum Gasteiger partial charge on any atom is 0.305 e. The maximum absolute atomic E-state index is 12.3. The minimum Gasteiger partial charge on any atom is -0.469 e. The Morgan fingerprint density at radius 1 is 1.32 bits per heavy atom. The van der Waals surface area contributed by atoms with Gasteiger partial charge in [0.1, 0.15) is 0 Å². The Balaban J connectivity index is 2.62. The van der Waals surface area contributed by atoms with Crippen LogP contribution in [-0.2, 0) is 9.53 Å². The summed E-state index contributed by atoms with van der Waals surface area (Å²) in [6, 6.07) is 9.23. The van der Waals surface area contributed by atoms with Crippen LogP contribution in [0.3, 0.4) is 0 Å². The molecule has 0 aliphatic rings. The molecule has 102 valence electrons. The van der Waals surface area contributed by atoms with E-state index in [4.69, 9.17) is 0 Å². The van der Waals surface area contributed by atoms with E-state index in [9.17, 15) is 9.59 Å². The summed E-state index contributed by atoms with van der Waals surface area (Å²) in [4.78, 5) is 23.4. The predicted octanol–water partition coefficient (Wildman–Crippen LogP) is 3.78. The molecule has 1 atom stereocenters. The summed E-state index contributed by atoms with van der Waals surface area (Å²) in [5.74, 6) is -0.313. The number of carbonyl (C=O) groups is 2. The molecule has 0 fully saturated rings. The predicted molar refractivity (Wildman–Crippen MR) is 83.3 cm³/mol. The van der Waals surface area contributed by atoms with Crippen LogP contribution in [-0.4, -0.2) is 18.9 Å². The molecule has 4 heteroatoms. The van der Waals surface area contributed by atoms with Crippen molar-refractivity contribution in [3.8, 4) is 0 Å². The lowest BCUT2D eigenvalue weighted by Gasteiger charge is -2.11. The zero-order valence-electron chi connectivity index (χ0n) is 10.8. The maximum atomic E-state index is 12.3. The fraction of sp³-hybridized carbons (Fsp3) is 0.333. The number of esters is 1. The van der Waals surface area contributed by atoms with Crippen molar-refractivity contribution in [3.05, 3.63) is 46.1 Å². The number of ether oxygens (including phenoxy) is 1. The van der Waals surface area contributed by atoms with Crippen LogP contribution in [0.25, 0.3) is 0 Å². The van der Waals surface area contributed by atoms with E-state index in [0.717, 1.165) is 0 Å². The number of Topliss-reactive ketones (excluding diaryl/α,β-unsaturated/α-hetero) is 1. The van der Waals surface area contributed by atoms with Crippen molar-refractivity contribution in [2.45, 2.75) is 19.3 Å². The molecule has 0 bridgehead atoms. The quantitative estimate of drug-likeness (QED) is 0.416. The molecule has 1 aromatic rings. The molecule has 0 saturated carbocycles. The highest BCUT2D eigenvalue weighted by atomic mass is 127. The molecule has 0 spiro atoms. The van der Waals surface area contributed by atoms with E-state index in [1.807, 2.05) is 40.5 Å². The van der Waals surface area contributed by atoms with Gasteiger partial charge in [0.15, 0.2) is 5.78 Å². The third-order valence-corrected chi connectivity index (χ3v) is 3.24. The lowest BCUT2D eigenvalue weighted by atomic mass is 9.93. The molecule has 0 amide bonds. The van der Waals surface area contributed by atoms with Gasteiger partial charge in [-0.2, -0.15) is 0 Å². The molecule has 1 rings (SSSR count). The molecular formula is C15H17IO3. The molecule has 1 aromatic carbocycles. The number of ketones is 1. The molecule has 19 heavy (non-hydrogen) atoms. The third kappa shape index (κ3) is 5.55. The second-order valence-corrected chi connectivity index (χ2v) is 4.84. The van der Waals surface area contributed by atoms with Gasteiger partial charge in [0.2, 0.25) is 0 Å². The SMILES string of the molecule is COC(=O)CCCC(/C=C/I)C(=O)c1ccccc1. The number of hydrogen-bond acceptors (Lipinski definition) is 3. The molecule has 1 unspecified atom stereocenters. The van der Waals surface area contributed by atoms with Gasteiger partial charge in [-0.15, -0.1) is 0 Å². The first kappa shape index (κ1) is 15.9. The summed E-state index contributed by atoms with van der Waals surface area (Å²) in [6.07, 6.45) is 3.54. The Bertz CT molecular complexity index is 440. The van der Waals surface area contributed by atoms with Crippen molar-refractivity contribution in [2.24, 2.45) is 5.92 Å². The van der Waals surface area contributed by atoms with Crippen LogP contribution in [0.15, 0.2) is 40.5 Å². The summed E-state index contributed by atoms with van der Waals surface area (Å²) in [7, 11) is 1.37. The van der Waals surface area contributed by atoms with Crippen LogP contribution >= 0.6 is 22.6 Å². The number of hydrogen-bond donors (Lipinski definition) is 0. The van der Waals surface area contributed by atoms with Gasteiger partial charge in [-0.3, -0.25) is 9.59 Å². The molecule has 0 heterocycles. The van der Waals surface area contributed by atoms with Crippen molar-refractivity contribution in [2.75, 3.05) is 7.11 Å². The standard InChI is InChI=1S/C15H17IO3/c1-19-14(17)9-5-8-13(10-11-16)15(18)12-6-3-2-4-7-12/h2-4,6-7,10-11,13H,5,8-9H2,1H3/b11-10+. The topological polar surface area (TPSA) is 43.4 Å². The first-order chi connectivity index (χ1) is 9.19. The van der Waals surface area contributed by atoms with Crippen molar-refractivity contribution in [3.63, 3.8) is 0 Å². The van der Waals surface area contributed by atoms with E-state index in [0.29, 0.717) is 24.8 Å². The van der Waals surface area contributed by atoms with Crippen molar-refractivity contribution in [1.82, 2.24) is 0 Å². The zero-order valence-corrected chi connectivity index (χ0v) is 13.0. The molecular weight excluding hydrogens is 355 g/mol. The number of rotatable bonds is 7. The van der Waals surface area contributed by atoms with E-state index in [2.05, 4.69) is 27.3 Å². The van der Waals surface area contributed by atoms with Gasteiger partial charge in [-0.25, -0.2) is 0 Å². The lowest BCUT2D eigenvalue weighted by Crippen LogP contribution is -2.13. The fourth-order valence-electron chi connectivity index (χ4n) is 1.79. The summed E-state index contributed by atoms with van der Waals surface area (Å²) in [5.41, 5.74) is 0.708. The van der Waals surface area contributed by atoms with E-state index >= 15 is 0 Å². The van der Waals surface area contributed by atoms with E-state index in [-0.39, 0.29) is 17.7 Å². The van der Waals surface area contributed by atoms with Crippen LogP contribution in [0, 0.1) is 5.92 Å². The number of allylic oxidation sites excluding steroid dienone is 1. The fourth-order valence-corrected chi connectivity index (χ4v) is 2.29. The lowest BCUT2D eigenvalue weighted by molar-refractivity contribution is -0.140. The Morgan fingerprint density at radius 3 is 2.58 bits per heavy atom. The van der Waals surface area contributed by atoms with E-state index in [1.54, 1.807) is 0 Å². The van der Waals surface area contributed by atoms with E-state index < -0.39 is 0 Å². The highest BCUT2D eigenvalue weighted by Gasteiger charge is 2.17. The summed E-state index contributed by atoms with van der Waals surface area (Å²) >= 11 is 2.10. The molecule has 0 aliphatic heterocycles. The first-order valence-corrected chi connectivity index (χ1v) is 7.36. The summed E-state index contributed by atoms with van der Waals surface area (Å²) in [6.45, 7) is 0. The second kappa shape index (κ2) is 8.85. The third-order valence-electron chi connectivity index (χ3n) is 2.82. The van der Waals surface area contributed by atoms with Crippen LogP contribution in [0.4, 0.5) is 0 Å². The number of halogens is 1. The largest absolute Gasteiger partial charge is 0.469 e. The zero-order chi connectivity index (χ0) is 14.1. The normalized spacial score (nSPS) is 12.3. The van der Waals surface area contributed by atoms with Gasteiger partial charge in [-0.1, -0.05) is 59.0 Å². The van der Waals surface area contributed by atoms with Gasteiger partial charge in [0, 0.05) is 17.9 Å². The minimum absolute atomic E-state index is 0.0957. The van der Waals surface area contributed by atoms with Crippen LogP contribution in [0.5, 0.6) is 0 Å². The highest BCUT2D eigenvalue weighted by Crippen LogP contribution is 2.18. The highest BCUT2D eigenvalue weighted by molar-refractivity contribution is 14.1. The summed E-state index contributed by atoms with van der Waals surface area (Å²) in [5, 5.41) is 0. The number of carbonyl (C=O) groups excluding carboxylic acids is 2. The molecule has 0 aliphatic carbocycles. The van der Waals surface area contributed by atoms with Crippen molar-refractivity contribution in [1.29, 1.82) is 0 Å². The molecule has 3 nitrogen and oxygen atoms in total. The average Bonchev–Trinajstić information content (AvgIpc) is 2.46. The monoisotopic (exact) mass is 372 g/mol. The molecule has 0 radical (unpaired) electrons.